The van der Waals surface area contributed by atoms with Crippen LogP contribution in [0.1, 0.15) is 71.1 Å². The Balaban J connectivity index is 1.74. The van der Waals surface area contributed by atoms with Crippen LogP contribution in [0.5, 0.6) is 5.75 Å². The lowest BCUT2D eigenvalue weighted by Gasteiger charge is -2.37. The van der Waals surface area contributed by atoms with Crippen LogP contribution in [0.25, 0.3) is 0 Å². The number of hydrogen-bond donors (Lipinski definition) is 1. The Morgan fingerprint density at radius 3 is 2.53 bits per heavy atom. The summed E-state index contributed by atoms with van der Waals surface area (Å²) in [6.07, 6.45) is 0.918. The highest BCUT2D eigenvalue weighted by atomic mass is 32.2. The fraction of sp³-hybridized carbons (Fsp3) is 0.696. The predicted molar refractivity (Wildman–Crippen MR) is 115 cm³/mol. The van der Waals surface area contributed by atoms with Crippen molar-refractivity contribution in [3.05, 3.63) is 29.3 Å². The van der Waals surface area contributed by atoms with Gasteiger partial charge in [-0.05, 0) is 53.7 Å². The van der Waals surface area contributed by atoms with Crippen molar-refractivity contribution in [3.63, 3.8) is 0 Å². The smallest absolute Gasteiger partial charge is 0.269 e. The average molecular weight is 436 g/mol. The van der Waals surface area contributed by atoms with Crippen molar-refractivity contribution >= 4 is 15.9 Å². The third-order valence-electron chi connectivity index (χ3n) is 8.25. The molecule has 2 bridgehead atoms. The van der Waals surface area contributed by atoms with Gasteiger partial charge < -0.3 is 9.84 Å². The third kappa shape index (κ3) is 2.77. The molecule has 30 heavy (non-hydrogen) atoms. The first-order chi connectivity index (χ1) is 13.8. The van der Waals surface area contributed by atoms with Crippen LogP contribution in [0.4, 0.5) is 0 Å². The van der Waals surface area contributed by atoms with Crippen molar-refractivity contribution in [2.75, 3.05) is 12.9 Å². The van der Waals surface area contributed by atoms with Gasteiger partial charge in [0.15, 0.2) is 6.10 Å². The van der Waals surface area contributed by atoms with Crippen molar-refractivity contribution in [2.24, 2.45) is 16.7 Å². The molecule has 1 aliphatic heterocycles. The number of aliphatic hydroxyl groups excluding tert-OH is 1. The van der Waals surface area contributed by atoms with Gasteiger partial charge in [-0.1, -0.05) is 40.7 Å². The average Bonchev–Trinajstić information content (AvgIpc) is 3.13. The molecule has 4 rings (SSSR count). The SMILES string of the molecule is COc1ccc(C(C)(C)C)cc1[C@H](O)C(=O)N1[C@@H]2C[C@H]3CC[C@]2(CS1(=O)=O)C3(C)C. The predicted octanol–water partition coefficient (Wildman–Crippen LogP) is 3.39. The van der Waals surface area contributed by atoms with E-state index in [4.69, 9.17) is 4.74 Å². The maximum absolute atomic E-state index is 13.5. The topological polar surface area (TPSA) is 83.9 Å². The first kappa shape index (κ1) is 21.6. The maximum atomic E-state index is 13.5. The third-order valence-corrected chi connectivity index (χ3v) is 10.2. The number of carbonyl (C=O) groups excluding carboxylic acids is 1. The first-order valence-corrected chi connectivity index (χ1v) is 12.3. The van der Waals surface area contributed by atoms with Gasteiger partial charge in [-0.3, -0.25) is 4.79 Å². The van der Waals surface area contributed by atoms with Crippen molar-refractivity contribution < 1.29 is 23.1 Å². The Kier molecular flexibility index (Phi) is 4.65. The van der Waals surface area contributed by atoms with Crippen molar-refractivity contribution in [3.8, 4) is 5.75 Å². The fourth-order valence-electron chi connectivity index (χ4n) is 6.25. The van der Waals surface area contributed by atoms with Crippen LogP contribution in [-0.2, 0) is 20.2 Å². The van der Waals surface area contributed by atoms with E-state index >= 15 is 0 Å². The lowest BCUT2D eigenvalue weighted by atomic mass is 9.69. The maximum Gasteiger partial charge on any atom is 0.269 e. The second kappa shape index (κ2) is 6.45. The minimum absolute atomic E-state index is 0.00814. The lowest BCUT2D eigenvalue weighted by molar-refractivity contribution is -0.138. The van der Waals surface area contributed by atoms with E-state index in [2.05, 4.69) is 13.8 Å². The van der Waals surface area contributed by atoms with Crippen LogP contribution in [-0.4, -0.2) is 42.6 Å². The van der Waals surface area contributed by atoms with Gasteiger partial charge in [0.25, 0.3) is 5.91 Å². The number of methoxy groups -OCH3 is 1. The second-order valence-corrected chi connectivity index (χ2v) is 12.7. The van der Waals surface area contributed by atoms with E-state index < -0.39 is 27.4 Å². The number of aliphatic hydroxyl groups is 1. The summed E-state index contributed by atoms with van der Waals surface area (Å²) in [6.45, 7) is 10.4. The van der Waals surface area contributed by atoms with Crippen LogP contribution in [0, 0.1) is 16.7 Å². The molecule has 1 saturated heterocycles. The van der Waals surface area contributed by atoms with E-state index in [1.807, 2.05) is 26.8 Å². The zero-order valence-corrected chi connectivity index (χ0v) is 19.5. The molecule has 2 aliphatic carbocycles. The lowest BCUT2D eigenvalue weighted by Crippen LogP contribution is -2.45. The molecule has 0 aromatic heterocycles. The summed E-state index contributed by atoms with van der Waals surface area (Å²) in [6, 6.07) is 5.02. The Hall–Kier alpha value is -1.60. The second-order valence-electron chi connectivity index (χ2n) is 10.9. The molecule has 1 aromatic rings. The summed E-state index contributed by atoms with van der Waals surface area (Å²) in [4.78, 5) is 13.5. The Morgan fingerprint density at radius 1 is 1.30 bits per heavy atom. The minimum atomic E-state index is -3.79. The molecule has 6 nitrogen and oxygen atoms in total. The van der Waals surface area contributed by atoms with Crippen LogP contribution in [0.3, 0.4) is 0 Å². The van der Waals surface area contributed by atoms with Crippen LogP contribution >= 0.6 is 0 Å². The molecule has 1 N–H and O–H groups in total. The van der Waals surface area contributed by atoms with E-state index in [-0.39, 0.29) is 22.6 Å². The zero-order valence-electron chi connectivity index (χ0n) is 18.7. The van der Waals surface area contributed by atoms with E-state index in [1.54, 1.807) is 12.1 Å². The number of rotatable bonds is 3. The highest BCUT2D eigenvalue weighted by Crippen LogP contribution is 2.70. The number of amides is 1. The van der Waals surface area contributed by atoms with Gasteiger partial charge in [-0.25, -0.2) is 12.7 Å². The summed E-state index contributed by atoms with van der Waals surface area (Å²) in [5.74, 6) is 0.0171. The number of ether oxygens (including phenoxy) is 1. The Labute approximate surface area is 179 Å². The van der Waals surface area contributed by atoms with Crippen LogP contribution < -0.4 is 4.74 Å². The summed E-state index contributed by atoms with van der Waals surface area (Å²) in [5.41, 5.74) is 0.514. The number of nitrogens with zero attached hydrogens (tertiary/aromatic N) is 1. The van der Waals surface area contributed by atoms with E-state index in [0.29, 0.717) is 23.7 Å². The molecule has 1 aromatic carbocycles. The molecule has 0 radical (unpaired) electrons. The number of hydrogen-bond acceptors (Lipinski definition) is 5. The molecule has 3 fully saturated rings. The van der Waals surface area contributed by atoms with E-state index in [0.717, 1.165) is 22.7 Å². The molecule has 0 unspecified atom stereocenters. The first-order valence-electron chi connectivity index (χ1n) is 10.7. The van der Waals surface area contributed by atoms with Gasteiger partial charge >= 0.3 is 0 Å². The van der Waals surface area contributed by atoms with Gasteiger partial charge in [0, 0.05) is 11.0 Å². The zero-order chi connectivity index (χ0) is 22.3. The minimum Gasteiger partial charge on any atom is -0.496 e. The van der Waals surface area contributed by atoms with Crippen LogP contribution in [0.15, 0.2) is 18.2 Å². The number of sulfonamides is 1. The van der Waals surface area contributed by atoms with E-state index in [1.165, 1.54) is 7.11 Å². The quantitative estimate of drug-likeness (QED) is 0.787. The summed E-state index contributed by atoms with van der Waals surface area (Å²) in [7, 11) is -2.31. The molecule has 7 heteroatoms. The van der Waals surface area contributed by atoms with Gasteiger partial charge in [0.05, 0.1) is 18.9 Å². The molecule has 1 heterocycles. The monoisotopic (exact) mass is 435 g/mol. The van der Waals surface area contributed by atoms with Gasteiger partial charge in [-0.15, -0.1) is 0 Å². The summed E-state index contributed by atoms with van der Waals surface area (Å²) in [5, 5.41) is 11.1. The molecule has 2 saturated carbocycles. The summed E-state index contributed by atoms with van der Waals surface area (Å²) >= 11 is 0. The van der Waals surface area contributed by atoms with E-state index in [9.17, 15) is 18.3 Å². The fourth-order valence-corrected chi connectivity index (χ4v) is 8.80. The van der Waals surface area contributed by atoms with Gasteiger partial charge in [0.2, 0.25) is 10.0 Å². The molecule has 3 aliphatic rings. The largest absolute Gasteiger partial charge is 0.496 e. The van der Waals surface area contributed by atoms with Gasteiger partial charge in [0.1, 0.15) is 5.75 Å². The molecule has 1 amide bonds. The van der Waals surface area contributed by atoms with Crippen LogP contribution in [0.2, 0.25) is 0 Å². The Morgan fingerprint density at radius 2 is 1.97 bits per heavy atom. The molecule has 1 spiro atoms. The Bertz CT molecular complexity index is 993. The van der Waals surface area contributed by atoms with Gasteiger partial charge in [-0.2, -0.15) is 0 Å². The highest BCUT2D eigenvalue weighted by Gasteiger charge is 2.72. The highest BCUT2D eigenvalue weighted by molar-refractivity contribution is 7.90. The number of fused-ring (bicyclic) bond motifs is 1. The molecule has 166 valence electrons. The summed E-state index contributed by atoms with van der Waals surface area (Å²) < 4.78 is 32.7. The molecular weight excluding hydrogens is 402 g/mol. The van der Waals surface area contributed by atoms with Crippen molar-refractivity contribution in [1.29, 1.82) is 0 Å². The normalized spacial score (nSPS) is 32.2. The van der Waals surface area contributed by atoms with Crippen molar-refractivity contribution in [1.82, 2.24) is 4.31 Å². The number of benzene rings is 1. The number of carbonyl (C=O) groups is 1. The van der Waals surface area contributed by atoms with Crippen molar-refractivity contribution in [2.45, 2.75) is 71.4 Å². The standard InChI is InChI=1S/C23H33NO5S/c1-21(2,3)14-7-8-17(29-6)16(11-14)19(25)20(26)24-18-12-15-9-10-23(18,22(15,4)5)13-30(24,27)28/h7-8,11,15,18-19,25H,9-10,12-13H2,1-6H3/t15-,18-,19+,23-/m1/s1. The molecular formula is C23H33NO5S. The molecule has 4 atom stereocenters.